The van der Waals surface area contributed by atoms with Gasteiger partial charge in [-0.05, 0) is 42.8 Å². The quantitative estimate of drug-likeness (QED) is 0.539. The Bertz CT molecular complexity index is 1220. The molecule has 0 unspecified atom stereocenters. The van der Waals surface area contributed by atoms with E-state index in [1.807, 2.05) is 43.3 Å². The Kier molecular flexibility index (Phi) is 4.74. The summed E-state index contributed by atoms with van der Waals surface area (Å²) in [7, 11) is -3.36. The molecule has 28 heavy (non-hydrogen) atoms. The van der Waals surface area contributed by atoms with Crippen LogP contribution in [0.25, 0.3) is 28.4 Å². The van der Waals surface area contributed by atoms with Crippen molar-refractivity contribution >= 4 is 21.4 Å². The highest BCUT2D eigenvalue weighted by atomic mass is 32.2. The van der Waals surface area contributed by atoms with E-state index in [1.165, 1.54) is 0 Å². The maximum Gasteiger partial charge on any atom is 0.232 e. The molecule has 4 aromatic rings. The van der Waals surface area contributed by atoms with Crippen LogP contribution in [0.1, 0.15) is 13.3 Å². The number of hydrogen-bond acceptors (Lipinski definition) is 6. The largest absolute Gasteiger partial charge is 0.284 e. The lowest BCUT2D eigenvalue weighted by molar-refractivity contribution is 0.600. The van der Waals surface area contributed by atoms with Crippen molar-refractivity contribution in [2.24, 2.45) is 0 Å². The maximum absolute atomic E-state index is 12.0. The minimum Gasteiger partial charge on any atom is -0.284 e. The molecular weight excluding hydrogens is 376 g/mol. The van der Waals surface area contributed by atoms with Crippen LogP contribution in [0.3, 0.4) is 0 Å². The molecule has 0 saturated heterocycles. The zero-order chi connectivity index (χ0) is 19.6. The summed E-state index contributed by atoms with van der Waals surface area (Å²) in [6.45, 7) is 1.83. The van der Waals surface area contributed by atoms with Crippen molar-refractivity contribution in [2.75, 3.05) is 10.5 Å². The maximum atomic E-state index is 12.0. The van der Waals surface area contributed by atoms with E-state index in [-0.39, 0.29) is 5.75 Å². The summed E-state index contributed by atoms with van der Waals surface area (Å²) in [5, 5.41) is 12.9. The molecule has 0 spiro atoms. The number of aromatic nitrogens is 5. The molecule has 4 rings (SSSR count). The summed E-state index contributed by atoms with van der Waals surface area (Å²) in [6, 6.07) is 16.3. The number of anilines is 1. The minimum absolute atomic E-state index is 0.0789. The van der Waals surface area contributed by atoms with E-state index in [9.17, 15) is 8.42 Å². The molecule has 0 amide bonds. The third-order valence-electron chi connectivity index (χ3n) is 4.06. The summed E-state index contributed by atoms with van der Waals surface area (Å²) < 4.78 is 28.3. The molecule has 3 heterocycles. The van der Waals surface area contributed by atoms with Crippen LogP contribution in [0.5, 0.6) is 0 Å². The van der Waals surface area contributed by atoms with Gasteiger partial charge in [-0.3, -0.25) is 9.71 Å². The van der Waals surface area contributed by atoms with E-state index in [1.54, 1.807) is 28.9 Å². The molecule has 1 aromatic carbocycles. The molecule has 0 aliphatic rings. The monoisotopic (exact) mass is 394 g/mol. The van der Waals surface area contributed by atoms with Gasteiger partial charge in [0.25, 0.3) is 0 Å². The highest BCUT2D eigenvalue weighted by molar-refractivity contribution is 7.92. The van der Waals surface area contributed by atoms with Gasteiger partial charge in [0.1, 0.15) is 5.69 Å². The molecule has 9 heteroatoms. The van der Waals surface area contributed by atoms with Crippen LogP contribution in [0.2, 0.25) is 0 Å². The number of fused-ring (bicyclic) bond motifs is 1. The first-order valence-electron chi connectivity index (χ1n) is 8.80. The predicted molar refractivity (Wildman–Crippen MR) is 107 cm³/mol. The zero-order valence-corrected chi connectivity index (χ0v) is 16.0. The highest BCUT2D eigenvalue weighted by Crippen LogP contribution is 2.23. The molecule has 0 saturated carbocycles. The number of rotatable bonds is 6. The molecule has 0 atom stereocenters. The molecule has 0 aliphatic carbocycles. The normalized spacial score (nSPS) is 11.6. The van der Waals surface area contributed by atoms with Gasteiger partial charge >= 0.3 is 0 Å². The van der Waals surface area contributed by atoms with E-state index in [0.717, 1.165) is 5.56 Å². The second kappa shape index (κ2) is 7.35. The van der Waals surface area contributed by atoms with Crippen LogP contribution in [0.4, 0.5) is 5.69 Å². The number of pyridine rings is 1. The summed E-state index contributed by atoms with van der Waals surface area (Å²) >= 11 is 0. The topological polar surface area (TPSA) is 102 Å². The fraction of sp³-hybridized carbons (Fsp3) is 0.158. The highest BCUT2D eigenvalue weighted by Gasteiger charge is 2.13. The lowest BCUT2D eigenvalue weighted by atomic mass is 10.1. The summed E-state index contributed by atoms with van der Waals surface area (Å²) in [4.78, 5) is 4.31. The third kappa shape index (κ3) is 3.70. The van der Waals surface area contributed by atoms with Crippen molar-refractivity contribution < 1.29 is 8.42 Å². The number of nitrogens with zero attached hydrogens (tertiary/aromatic N) is 5. The molecular formula is C19H18N6O2S. The molecule has 8 nitrogen and oxygen atoms in total. The van der Waals surface area contributed by atoms with Gasteiger partial charge in [0, 0.05) is 17.4 Å². The van der Waals surface area contributed by atoms with Crippen LogP contribution in [0.15, 0.2) is 60.8 Å². The van der Waals surface area contributed by atoms with Crippen LogP contribution >= 0.6 is 0 Å². The first kappa shape index (κ1) is 18.1. The molecule has 3 aromatic heterocycles. The van der Waals surface area contributed by atoms with Crippen molar-refractivity contribution in [2.45, 2.75) is 13.3 Å². The van der Waals surface area contributed by atoms with E-state index < -0.39 is 10.0 Å². The van der Waals surface area contributed by atoms with Crippen LogP contribution in [-0.4, -0.2) is 39.0 Å². The smallest absolute Gasteiger partial charge is 0.232 e. The SMILES string of the molecule is CCCS(=O)(=O)Nc1cccc(-c2ccc3nnc(-c4ccccn4)n3n2)c1. The molecule has 1 N–H and O–H groups in total. The molecule has 0 radical (unpaired) electrons. The fourth-order valence-corrected chi connectivity index (χ4v) is 3.96. The Morgan fingerprint density at radius 1 is 1.00 bits per heavy atom. The average Bonchev–Trinajstić information content (AvgIpc) is 3.11. The second-order valence-electron chi connectivity index (χ2n) is 6.23. The lowest BCUT2D eigenvalue weighted by Crippen LogP contribution is -2.16. The Morgan fingerprint density at radius 2 is 1.89 bits per heavy atom. The second-order valence-corrected chi connectivity index (χ2v) is 8.07. The van der Waals surface area contributed by atoms with Gasteiger partial charge in [-0.2, -0.15) is 9.61 Å². The molecule has 0 bridgehead atoms. The molecule has 142 valence electrons. The summed E-state index contributed by atoms with van der Waals surface area (Å²) in [5.74, 6) is 0.618. The fourth-order valence-electron chi connectivity index (χ4n) is 2.84. The standard InChI is InChI=1S/C19H18N6O2S/c1-2-12-28(26,27)24-15-7-5-6-14(13-15)16-9-10-18-21-22-19(25(18)23-16)17-8-3-4-11-20-17/h3-11,13,24H,2,12H2,1H3. The Hall–Kier alpha value is -3.33. The number of hydrogen-bond donors (Lipinski definition) is 1. The zero-order valence-electron chi connectivity index (χ0n) is 15.1. The van der Waals surface area contributed by atoms with Gasteiger partial charge in [-0.15, -0.1) is 10.2 Å². The van der Waals surface area contributed by atoms with E-state index in [4.69, 9.17) is 0 Å². The van der Waals surface area contributed by atoms with Gasteiger partial charge in [0.15, 0.2) is 5.65 Å². The van der Waals surface area contributed by atoms with E-state index in [2.05, 4.69) is 25.0 Å². The molecule has 0 aliphatic heterocycles. The predicted octanol–water partition coefficient (Wildman–Crippen LogP) is 3.01. The van der Waals surface area contributed by atoms with E-state index in [0.29, 0.717) is 35.0 Å². The van der Waals surface area contributed by atoms with Crippen LogP contribution in [0, 0.1) is 0 Å². The van der Waals surface area contributed by atoms with Gasteiger partial charge < -0.3 is 0 Å². The van der Waals surface area contributed by atoms with Gasteiger partial charge in [0.05, 0.1) is 11.4 Å². The minimum atomic E-state index is -3.36. The van der Waals surface area contributed by atoms with Crippen LogP contribution < -0.4 is 4.72 Å². The summed E-state index contributed by atoms with van der Waals surface area (Å²) in [6.07, 6.45) is 2.24. The first-order chi connectivity index (χ1) is 13.6. The van der Waals surface area contributed by atoms with Gasteiger partial charge in [0.2, 0.25) is 15.8 Å². The van der Waals surface area contributed by atoms with Crippen molar-refractivity contribution in [3.8, 4) is 22.8 Å². The average molecular weight is 394 g/mol. The Balaban J connectivity index is 1.73. The van der Waals surface area contributed by atoms with Crippen molar-refractivity contribution in [3.05, 3.63) is 60.8 Å². The first-order valence-corrected chi connectivity index (χ1v) is 10.5. The van der Waals surface area contributed by atoms with E-state index >= 15 is 0 Å². The number of benzene rings is 1. The van der Waals surface area contributed by atoms with Gasteiger partial charge in [-0.1, -0.05) is 25.1 Å². The lowest BCUT2D eigenvalue weighted by Gasteiger charge is -2.09. The van der Waals surface area contributed by atoms with Crippen molar-refractivity contribution in [1.29, 1.82) is 0 Å². The van der Waals surface area contributed by atoms with Crippen molar-refractivity contribution in [3.63, 3.8) is 0 Å². The molecule has 0 fully saturated rings. The van der Waals surface area contributed by atoms with Crippen molar-refractivity contribution in [1.82, 2.24) is 24.8 Å². The third-order valence-corrected chi connectivity index (χ3v) is 5.55. The van der Waals surface area contributed by atoms with Crippen LogP contribution in [-0.2, 0) is 10.0 Å². The Labute approximate surface area is 162 Å². The number of sulfonamides is 1. The van der Waals surface area contributed by atoms with Gasteiger partial charge in [-0.25, -0.2) is 8.42 Å². The Morgan fingerprint density at radius 3 is 2.68 bits per heavy atom. The number of nitrogens with one attached hydrogen (secondary N) is 1. The summed E-state index contributed by atoms with van der Waals surface area (Å²) in [5.41, 5.74) is 3.21.